The first-order valence-corrected chi connectivity index (χ1v) is 10.1. The van der Waals surface area contributed by atoms with Gasteiger partial charge in [0.2, 0.25) is 5.43 Å². The smallest absolute Gasteiger partial charge is 0.276 e. The predicted molar refractivity (Wildman–Crippen MR) is 108 cm³/mol. The van der Waals surface area contributed by atoms with E-state index in [-0.39, 0.29) is 23.4 Å². The molecule has 0 unspecified atom stereocenters. The molecule has 158 valence electrons. The first-order valence-electron chi connectivity index (χ1n) is 10.1. The van der Waals surface area contributed by atoms with Crippen molar-refractivity contribution in [2.75, 3.05) is 6.54 Å². The Kier molecular flexibility index (Phi) is 4.57. The molecular formula is C23H19F2N3O3. The Hall–Kier alpha value is -3.55. The van der Waals surface area contributed by atoms with Crippen LogP contribution >= 0.6 is 0 Å². The molecule has 5 rings (SSSR count). The fraction of sp³-hybridized carbons (Fsp3) is 0.261. The summed E-state index contributed by atoms with van der Waals surface area (Å²) in [7, 11) is 0. The summed E-state index contributed by atoms with van der Waals surface area (Å²) in [6, 6.07) is 11.3. The van der Waals surface area contributed by atoms with E-state index in [0.29, 0.717) is 13.0 Å². The van der Waals surface area contributed by atoms with Crippen LogP contribution in [0.25, 0.3) is 0 Å². The van der Waals surface area contributed by atoms with Gasteiger partial charge < -0.3 is 10.0 Å². The van der Waals surface area contributed by atoms with E-state index in [0.717, 1.165) is 23.7 Å². The fourth-order valence-corrected chi connectivity index (χ4v) is 4.87. The summed E-state index contributed by atoms with van der Waals surface area (Å²) in [4.78, 5) is 26.8. The lowest BCUT2D eigenvalue weighted by Crippen LogP contribution is -2.50. The van der Waals surface area contributed by atoms with Gasteiger partial charge in [-0.2, -0.15) is 5.10 Å². The number of benzene rings is 2. The predicted octanol–water partition coefficient (Wildman–Crippen LogP) is 3.22. The molecule has 1 aromatic heterocycles. The first-order chi connectivity index (χ1) is 15.0. The van der Waals surface area contributed by atoms with Gasteiger partial charge in [-0.05, 0) is 48.2 Å². The minimum atomic E-state index is -0.726. The second-order valence-electron chi connectivity index (χ2n) is 7.93. The van der Waals surface area contributed by atoms with E-state index < -0.39 is 29.0 Å². The van der Waals surface area contributed by atoms with Crippen LogP contribution in [0, 0.1) is 11.6 Å². The molecule has 3 aromatic rings. The van der Waals surface area contributed by atoms with E-state index in [9.17, 15) is 23.5 Å². The number of halogens is 2. The first kappa shape index (κ1) is 19.4. The molecule has 0 radical (unpaired) electrons. The normalized spacial score (nSPS) is 20.1. The average molecular weight is 423 g/mol. The zero-order valence-corrected chi connectivity index (χ0v) is 16.4. The molecule has 0 aliphatic carbocycles. The Bertz CT molecular complexity index is 1160. The van der Waals surface area contributed by atoms with Crippen molar-refractivity contribution in [1.82, 2.24) is 14.7 Å². The van der Waals surface area contributed by atoms with Gasteiger partial charge in [-0.3, -0.25) is 14.3 Å². The molecule has 3 heterocycles. The van der Waals surface area contributed by atoms with Crippen LogP contribution in [-0.4, -0.2) is 38.3 Å². The Morgan fingerprint density at radius 3 is 2.13 bits per heavy atom. The highest BCUT2D eigenvalue weighted by Gasteiger charge is 2.48. The van der Waals surface area contributed by atoms with Crippen LogP contribution in [0.1, 0.15) is 46.4 Å². The molecule has 8 heteroatoms. The number of hydrogen-bond donors (Lipinski definition) is 1. The van der Waals surface area contributed by atoms with Crippen LogP contribution in [0.15, 0.2) is 59.5 Å². The second kappa shape index (κ2) is 7.30. The van der Waals surface area contributed by atoms with E-state index in [4.69, 9.17) is 0 Å². The van der Waals surface area contributed by atoms with E-state index in [1.54, 1.807) is 29.2 Å². The molecule has 0 spiro atoms. The number of aromatic nitrogens is 2. The molecule has 0 bridgehead atoms. The number of fused-ring (bicyclic) bond motifs is 2. The molecule has 2 aliphatic heterocycles. The topological polar surface area (TPSA) is 75.4 Å². The SMILES string of the molecule is O=C1c2c(O)c(=O)cnn2[C@H](C(c2ccc(F)cc2)c2ccc(F)cc2)[C@H]2CCCN12. The van der Waals surface area contributed by atoms with Gasteiger partial charge in [0, 0.05) is 12.5 Å². The van der Waals surface area contributed by atoms with Crippen molar-refractivity contribution in [3.63, 3.8) is 0 Å². The van der Waals surface area contributed by atoms with Crippen molar-refractivity contribution < 1.29 is 18.7 Å². The third-order valence-electron chi connectivity index (χ3n) is 6.23. The summed E-state index contributed by atoms with van der Waals surface area (Å²) in [5, 5.41) is 14.7. The molecule has 1 saturated heterocycles. The molecule has 6 nitrogen and oxygen atoms in total. The molecule has 2 aliphatic rings. The number of rotatable bonds is 3. The van der Waals surface area contributed by atoms with Gasteiger partial charge in [-0.25, -0.2) is 8.78 Å². The maximum absolute atomic E-state index is 13.7. The van der Waals surface area contributed by atoms with Crippen LogP contribution in [0.2, 0.25) is 0 Å². The largest absolute Gasteiger partial charge is 0.502 e. The third-order valence-corrected chi connectivity index (χ3v) is 6.23. The van der Waals surface area contributed by atoms with E-state index in [1.165, 1.54) is 28.9 Å². The standard InChI is InChI=1S/C23H19F2N3O3/c24-15-7-3-13(4-8-15)19(14-5-9-16(25)10-6-14)20-17-2-1-11-27(17)23(31)21-22(30)18(29)12-26-28(20)21/h3-10,12,17,19-20,30H,1-2,11H2/t17-,20+/m1/s1. The second-order valence-corrected chi connectivity index (χ2v) is 7.93. The monoisotopic (exact) mass is 423 g/mol. The van der Waals surface area contributed by atoms with Crippen molar-refractivity contribution in [2.24, 2.45) is 0 Å². The lowest BCUT2D eigenvalue weighted by molar-refractivity contribution is 0.0565. The van der Waals surface area contributed by atoms with Crippen molar-refractivity contribution in [2.45, 2.75) is 30.8 Å². The summed E-state index contributed by atoms with van der Waals surface area (Å²) in [5.41, 5.74) is 0.635. The molecule has 1 fully saturated rings. The van der Waals surface area contributed by atoms with Crippen LogP contribution in [0.3, 0.4) is 0 Å². The Balaban J connectivity index is 1.77. The van der Waals surface area contributed by atoms with Gasteiger partial charge in [0.25, 0.3) is 5.91 Å². The Morgan fingerprint density at radius 1 is 0.968 bits per heavy atom. The summed E-state index contributed by atoms with van der Waals surface area (Å²) >= 11 is 0. The summed E-state index contributed by atoms with van der Waals surface area (Å²) in [6.07, 6.45) is 2.48. The van der Waals surface area contributed by atoms with E-state index in [1.807, 2.05) is 0 Å². The highest BCUT2D eigenvalue weighted by atomic mass is 19.1. The Morgan fingerprint density at radius 2 is 1.55 bits per heavy atom. The molecule has 31 heavy (non-hydrogen) atoms. The van der Waals surface area contributed by atoms with Gasteiger partial charge in [0.1, 0.15) is 11.6 Å². The molecule has 2 aromatic carbocycles. The molecule has 1 amide bonds. The van der Waals surface area contributed by atoms with Crippen molar-refractivity contribution in [1.29, 1.82) is 0 Å². The molecular weight excluding hydrogens is 404 g/mol. The fourth-order valence-electron chi connectivity index (χ4n) is 4.87. The van der Waals surface area contributed by atoms with Crippen LogP contribution < -0.4 is 5.43 Å². The van der Waals surface area contributed by atoms with Crippen molar-refractivity contribution >= 4 is 5.91 Å². The van der Waals surface area contributed by atoms with E-state index in [2.05, 4.69) is 5.10 Å². The minimum absolute atomic E-state index is 0.148. The van der Waals surface area contributed by atoms with Crippen molar-refractivity contribution in [3.8, 4) is 5.75 Å². The number of carbonyl (C=O) groups is 1. The quantitative estimate of drug-likeness (QED) is 0.702. The van der Waals surface area contributed by atoms with Crippen LogP contribution in [0.5, 0.6) is 5.75 Å². The van der Waals surface area contributed by atoms with Gasteiger partial charge in [0.05, 0.1) is 18.3 Å². The van der Waals surface area contributed by atoms with Gasteiger partial charge in [0.15, 0.2) is 11.4 Å². The zero-order valence-electron chi connectivity index (χ0n) is 16.4. The summed E-state index contributed by atoms with van der Waals surface area (Å²) < 4.78 is 28.7. The average Bonchev–Trinajstić information content (AvgIpc) is 3.25. The number of aromatic hydroxyl groups is 1. The van der Waals surface area contributed by atoms with Gasteiger partial charge in [-0.1, -0.05) is 24.3 Å². The highest BCUT2D eigenvalue weighted by molar-refractivity contribution is 5.96. The molecule has 0 saturated carbocycles. The number of carbonyl (C=O) groups excluding carboxylic acids is 1. The lowest BCUT2D eigenvalue weighted by atomic mass is 9.80. The maximum atomic E-state index is 13.7. The Labute approximate surface area is 176 Å². The maximum Gasteiger partial charge on any atom is 0.276 e. The summed E-state index contributed by atoms with van der Waals surface area (Å²) in [6.45, 7) is 0.502. The molecule has 1 N–H and O–H groups in total. The number of nitrogens with zero attached hydrogens (tertiary/aromatic N) is 3. The minimum Gasteiger partial charge on any atom is -0.502 e. The third kappa shape index (κ3) is 3.10. The zero-order chi connectivity index (χ0) is 21.7. The van der Waals surface area contributed by atoms with Gasteiger partial charge >= 0.3 is 0 Å². The van der Waals surface area contributed by atoms with Crippen LogP contribution in [0.4, 0.5) is 8.78 Å². The highest BCUT2D eigenvalue weighted by Crippen LogP contribution is 2.45. The van der Waals surface area contributed by atoms with Crippen LogP contribution in [-0.2, 0) is 0 Å². The van der Waals surface area contributed by atoms with Crippen molar-refractivity contribution in [3.05, 3.63) is 93.4 Å². The lowest BCUT2D eigenvalue weighted by Gasteiger charge is -2.42. The number of hydrogen-bond acceptors (Lipinski definition) is 4. The molecule has 2 atom stereocenters. The number of amides is 1. The van der Waals surface area contributed by atoms with Gasteiger partial charge in [-0.15, -0.1) is 0 Å². The summed E-state index contributed by atoms with van der Waals surface area (Å²) in [5.74, 6) is -2.26. The van der Waals surface area contributed by atoms with E-state index >= 15 is 0 Å².